The summed E-state index contributed by atoms with van der Waals surface area (Å²) in [6.45, 7) is 8.13. The van der Waals surface area contributed by atoms with E-state index in [9.17, 15) is 0 Å². The first-order chi connectivity index (χ1) is 7.24. The van der Waals surface area contributed by atoms with E-state index in [1.807, 2.05) is 39.3 Å². The van der Waals surface area contributed by atoms with E-state index in [2.05, 4.69) is 20.9 Å². The molecule has 0 aromatic carbocycles. The summed E-state index contributed by atoms with van der Waals surface area (Å²) in [5.41, 5.74) is 0.136. The first-order valence-corrected chi connectivity index (χ1v) is 6.07. The first-order valence-electron chi connectivity index (χ1n) is 5.27. The van der Waals surface area contributed by atoms with Crippen LogP contribution in [0.5, 0.6) is 0 Å². The maximum Gasteiger partial charge on any atom is 0.532 e. The topological polar surface area (TPSA) is 36.3 Å². The summed E-state index contributed by atoms with van der Waals surface area (Å²) in [7, 11) is 1.53. The quantitative estimate of drug-likeness (QED) is 0.734. The fourth-order valence-electron chi connectivity index (χ4n) is 1.57. The van der Waals surface area contributed by atoms with Crippen LogP contribution < -0.4 is 5.72 Å². The number of hydrogen-bond acceptors (Lipinski definition) is 3. The molecule has 1 saturated heterocycles. The van der Waals surface area contributed by atoms with E-state index in [0.29, 0.717) is 0 Å². The van der Waals surface area contributed by atoms with Crippen LogP contribution in [0.1, 0.15) is 27.7 Å². The van der Waals surface area contributed by atoms with Gasteiger partial charge in [-0.2, -0.15) is 0 Å². The highest BCUT2D eigenvalue weighted by molar-refractivity contribution is 9.10. The summed E-state index contributed by atoms with van der Waals surface area (Å²) >= 11 is 3.41. The lowest BCUT2D eigenvalue weighted by Gasteiger charge is -2.32. The van der Waals surface area contributed by atoms with Crippen molar-refractivity contribution in [3.8, 4) is 0 Å². The molecule has 0 unspecified atom stereocenters. The number of halogens is 1. The molecular weight excluding hydrogens is 271 g/mol. The molecule has 1 aliphatic rings. The van der Waals surface area contributed by atoms with Crippen molar-refractivity contribution in [2.75, 3.05) is 0 Å². The molecule has 0 amide bonds. The van der Waals surface area contributed by atoms with Crippen LogP contribution in [0.25, 0.3) is 0 Å². The molecule has 1 fully saturated rings. The SMILES string of the molecule is Cn1c(Br)cnc1B1OC(C)(C)C(C)(C)O1. The molecule has 4 nitrogen and oxygen atoms in total. The normalized spacial score (nSPS) is 22.8. The molecule has 2 rings (SSSR count). The molecule has 2 heterocycles. The summed E-state index contributed by atoms with van der Waals surface area (Å²) in [4.78, 5) is 4.29. The van der Waals surface area contributed by atoms with Gasteiger partial charge in [0.2, 0.25) is 0 Å². The van der Waals surface area contributed by atoms with Crippen molar-refractivity contribution in [3.63, 3.8) is 0 Å². The van der Waals surface area contributed by atoms with Crippen molar-refractivity contribution in [1.29, 1.82) is 0 Å². The summed E-state index contributed by atoms with van der Waals surface area (Å²) in [5.74, 6) is 0. The number of rotatable bonds is 1. The van der Waals surface area contributed by atoms with Gasteiger partial charge in [0.1, 0.15) is 10.3 Å². The van der Waals surface area contributed by atoms with Crippen molar-refractivity contribution < 1.29 is 9.31 Å². The van der Waals surface area contributed by atoms with E-state index >= 15 is 0 Å². The van der Waals surface area contributed by atoms with Gasteiger partial charge in [0, 0.05) is 7.05 Å². The Morgan fingerprint density at radius 2 is 1.75 bits per heavy atom. The molecule has 0 N–H and O–H groups in total. The lowest BCUT2D eigenvalue weighted by atomic mass is 9.89. The van der Waals surface area contributed by atoms with Gasteiger partial charge >= 0.3 is 7.12 Å². The average Bonchev–Trinajstić information content (AvgIpc) is 2.54. The first kappa shape index (κ1) is 12.1. The van der Waals surface area contributed by atoms with Crippen LogP contribution in [0.15, 0.2) is 10.8 Å². The second-order valence-electron chi connectivity index (χ2n) is 5.09. The minimum absolute atomic E-state index is 0.323. The predicted octanol–water partition coefficient (Wildman–Crippen LogP) is 1.48. The van der Waals surface area contributed by atoms with E-state index < -0.39 is 7.12 Å². The zero-order chi connectivity index (χ0) is 12.1. The molecule has 0 saturated carbocycles. The molecule has 6 heteroatoms. The van der Waals surface area contributed by atoms with Crippen molar-refractivity contribution in [2.24, 2.45) is 7.05 Å². The van der Waals surface area contributed by atoms with Gasteiger partial charge in [-0.05, 0) is 43.6 Å². The van der Waals surface area contributed by atoms with Gasteiger partial charge in [0.25, 0.3) is 0 Å². The van der Waals surface area contributed by atoms with Gasteiger partial charge in [-0.1, -0.05) is 0 Å². The Hall–Kier alpha value is -0.325. The molecule has 0 spiro atoms. The maximum atomic E-state index is 5.92. The van der Waals surface area contributed by atoms with Crippen molar-refractivity contribution >= 4 is 28.8 Å². The number of imidazole rings is 1. The van der Waals surface area contributed by atoms with E-state index in [1.54, 1.807) is 6.20 Å². The zero-order valence-corrected chi connectivity index (χ0v) is 11.8. The second-order valence-corrected chi connectivity index (χ2v) is 5.90. The Bertz CT molecular complexity index is 401. The van der Waals surface area contributed by atoms with E-state index in [0.717, 1.165) is 10.3 Å². The number of hydrogen-bond donors (Lipinski definition) is 0. The summed E-state index contributed by atoms with van der Waals surface area (Å²) in [6.07, 6.45) is 1.75. The third-order valence-electron chi connectivity index (χ3n) is 3.43. The number of nitrogens with zero attached hydrogens (tertiary/aromatic N) is 2. The van der Waals surface area contributed by atoms with Crippen LogP contribution >= 0.6 is 15.9 Å². The molecule has 1 aromatic heterocycles. The standard InChI is InChI=1S/C10H16BBrN2O2/c1-9(2)10(3,4)16-11(15-9)8-13-6-7(12)14(8)5/h6H,1-5H3. The lowest BCUT2D eigenvalue weighted by molar-refractivity contribution is 0.00578. The van der Waals surface area contributed by atoms with Gasteiger partial charge in [-0.25, -0.2) is 4.98 Å². The summed E-state index contributed by atoms with van der Waals surface area (Å²) in [6, 6.07) is 0. The molecule has 0 atom stereocenters. The summed E-state index contributed by atoms with van der Waals surface area (Å²) in [5, 5.41) is 0. The van der Waals surface area contributed by atoms with Crippen LogP contribution in [-0.2, 0) is 16.4 Å². The zero-order valence-electron chi connectivity index (χ0n) is 10.2. The van der Waals surface area contributed by atoms with Crippen molar-refractivity contribution in [2.45, 2.75) is 38.9 Å². The van der Waals surface area contributed by atoms with E-state index in [1.165, 1.54) is 0 Å². The minimum Gasteiger partial charge on any atom is -0.397 e. The largest absolute Gasteiger partial charge is 0.532 e. The molecule has 0 bridgehead atoms. The molecular formula is C10H16BBrN2O2. The second kappa shape index (κ2) is 3.58. The fourth-order valence-corrected chi connectivity index (χ4v) is 1.85. The van der Waals surface area contributed by atoms with Crippen LogP contribution in [0.4, 0.5) is 0 Å². The third-order valence-corrected chi connectivity index (χ3v) is 4.17. The average molecular weight is 287 g/mol. The summed E-state index contributed by atoms with van der Waals surface area (Å²) < 4.78 is 14.7. The highest BCUT2D eigenvalue weighted by Gasteiger charge is 2.53. The third kappa shape index (κ3) is 1.73. The van der Waals surface area contributed by atoms with Crippen LogP contribution in [0.3, 0.4) is 0 Å². The highest BCUT2D eigenvalue weighted by atomic mass is 79.9. The van der Waals surface area contributed by atoms with Gasteiger partial charge in [-0.15, -0.1) is 0 Å². The Morgan fingerprint density at radius 3 is 2.12 bits per heavy atom. The Morgan fingerprint density at radius 1 is 1.25 bits per heavy atom. The predicted molar refractivity (Wildman–Crippen MR) is 66.6 cm³/mol. The highest BCUT2D eigenvalue weighted by Crippen LogP contribution is 2.36. The van der Waals surface area contributed by atoms with Crippen LogP contribution in [-0.4, -0.2) is 27.9 Å². The minimum atomic E-state index is -0.402. The molecule has 16 heavy (non-hydrogen) atoms. The van der Waals surface area contributed by atoms with Crippen molar-refractivity contribution in [3.05, 3.63) is 10.8 Å². The molecule has 1 aromatic rings. The fraction of sp³-hybridized carbons (Fsp3) is 0.700. The Kier molecular flexibility index (Phi) is 2.72. The van der Waals surface area contributed by atoms with Gasteiger partial charge in [0.15, 0.2) is 0 Å². The van der Waals surface area contributed by atoms with Crippen molar-refractivity contribution in [1.82, 2.24) is 9.55 Å². The van der Waals surface area contributed by atoms with E-state index in [4.69, 9.17) is 9.31 Å². The van der Waals surface area contributed by atoms with Gasteiger partial charge in [0.05, 0.1) is 17.4 Å². The molecule has 1 aliphatic heterocycles. The Balaban J connectivity index is 2.30. The molecule has 0 aliphatic carbocycles. The van der Waals surface area contributed by atoms with Crippen LogP contribution in [0, 0.1) is 0 Å². The monoisotopic (exact) mass is 286 g/mol. The molecule has 88 valence electrons. The van der Waals surface area contributed by atoms with E-state index in [-0.39, 0.29) is 11.2 Å². The maximum absolute atomic E-state index is 5.92. The number of aromatic nitrogens is 2. The van der Waals surface area contributed by atoms with Gasteiger partial charge in [-0.3, -0.25) is 0 Å². The Labute approximate surface area is 105 Å². The van der Waals surface area contributed by atoms with Crippen LogP contribution in [0.2, 0.25) is 0 Å². The lowest BCUT2D eigenvalue weighted by Crippen LogP contribution is -2.41. The van der Waals surface area contributed by atoms with Gasteiger partial charge < -0.3 is 13.9 Å². The smallest absolute Gasteiger partial charge is 0.397 e. The molecule has 0 radical (unpaired) electrons.